The minimum atomic E-state index is -4.69. The molecule has 0 aliphatic carbocycles. The number of aromatic nitrogens is 2. The fourth-order valence-electron chi connectivity index (χ4n) is 2.27. The van der Waals surface area contributed by atoms with Crippen molar-refractivity contribution in [2.75, 3.05) is 20.3 Å². The number of hydrogen-bond donors (Lipinski definition) is 0. The standard InChI is InChI=1S/C12H11F3N4O4S/c1-18-5-8(23-9(20)7-3-2-4-22-7)19(21,6-18)11-17-16-10(24-11)12(13,14)15/h2-4,8H,5-6H2,1H3. The van der Waals surface area contributed by atoms with Gasteiger partial charge in [-0.15, -0.1) is 5.10 Å². The Kier molecular flexibility index (Phi) is 4.07. The number of ether oxygens (including phenoxy) is 1. The van der Waals surface area contributed by atoms with Gasteiger partial charge in [-0.3, -0.25) is 4.65 Å². The molecule has 0 saturated carbocycles. The fraction of sp³-hybridized carbons (Fsp3) is 0.417. The molecule has 3 rings (SSSR count). The molecule has 0 radical (unpaired) electrons. The lowest BCUT2D eigenvalue weighted by Gasteiger charge is -2.37. The number of carbonyl (C=O) groups is 1. The maximum Gasteiger partial charge on any atom is 0.445 e. The normalized spacial score (nSPS) is 25.1. The molecule has 2 aromatic heterocycles. The lowest BCUT2D eigenvalue weighted by atomic mass is 10.4. The van der Waals surface area contributed by atoms with Gasteiger partial charge >= 0.3 is 17.3 Å². The van der Waals surface area contributed by atoms with E-state index in [1.54, 1.807) is 7.05 Å². The number of hydrogen-bond acceptors (Lipinski definition) is 8. The molecule has 24 heavy (non-hydrogen) atoms. The van der Waals surface area contributed by atoms with Gasteiger partial charge in [-0.1, -0.05) is 5.10 Å². The van der Waals surface area contributed by atoms with Crippen molar-refractivity contribution in [3.05, 3.63) is 34.4 Å². The summed E-state index contributed by atoms with van der Waals surface area (Å²) >= 11 is 0.137. The second kappa shape index (κ2) is 5.81. The van der Waals surface area contributed by atoms with Crippen molar-refractivity contribution in [3.8, 4) is 0 Å². The zero-order valence-electron chi connectivity index (χ0n) is 12.2. The Balaban J connectivity index is 1.86. The second-order valence-corrected chi connectivity index (χ2v) is 6.16. The number of hydroxylamine groups is 2. The summed E-state index contributed by atoms with van der Waals surface area (Å²) in [6.45, 7) is -0.181. The smallest absolute Gasteiger partial charge is 0.445 e. The fourth-order valence-corrected chi connectivity index (χ4v) is 3.05. The van der Waals surface area contributed by atoms with Crippen LogP contribution >= 0.6 is 11.3 Å². The zero-order valence-corrected chi connectivity index (χ0v) is 13.0. The number of furan rings is 1. The van der Waals surface area contributed by atoms with Crippen LogP contribution in [0, 0.1) is 5.21 Å². The molecule has 0 aromatic carbocycles. The molecule has 8 nitrogen and oxygen atoms in total. The number of esters is 1. The van der Waals surface area contributed by atoms with Gasteiger partial charge in [-0.2, -0.15) is 13.2 Å². The average molecular weight is 364 g/mol. The van der Waals surface area contributed by atoms with Gasteiger partial charge in [0.05, 0.1) is 12.8 Å². The summed E-state index contributed by atoms with van der Waals surface area (Å²) in [5.74, 6) is -0.983. The molecule has 3 heterocycles. The van der Waals surface area contributed by atoms with Crippen LogP contribution < -0.4 is 4.65 Å². The third-order valence-corrected chi connectivity index (χ3v) is 4.41. The summed E-state index contributed by atoms with van der Waals surface area (Å²) in [5, 5.41) is 17.7. The van der Waals surface area contributed by atoms with E-state index in [1.165, 1.54) is 23.3 Å². The highest BCUT2D eigenvalue weighted by molar-refractivity contribution is 7.15. The molecule has 0 amide bonds. The van der Waals surface area contributed by atoms with Gasteiger partial charge in [0, 0.05) is 0 Å². The number of carbonyl (C=O) groups excluding carboxylic acids is 1. The molecule has 1 aliphatic rings. The van der Waals surface area contributed by atoms with Crippen LogP contribution in [-0.4, -0.2) is 47.6 Å². The van der Waals surface area contributed by atoms with Crippen LogP contribution in [0.25, 0.3) is 0 Å². The van der Waals surface area contributed by atoms with Crippen molar-refractivity contribution in [2.45, 2.75) is 12.4 Å². The Morgan fingerprint density at radius 1 is 1.54 bits per heavy atom. The Hall–Kier alpha value is -2.02. The first-order valence-electron chi connectivity index (χ1n) is 6.63. The van der Waals surface area contributed by atoms with Gasteiger partial charge in [0.15, 0.2) is 0 Å². The van der Waals surface area contributed by atoms with Crippen molar-refractivity contribution in [1.82, 2.24) is 19.7 Å². The molecule has 2 unspecified atom stereocenters. The zero-order chi connectivity index (χ0) is 17.5. The molecule has 1 saturated heterocycles. The molecule has 2 atom stereocenters. The van der Waals surface area contributed by atoms with E-state index in [1.807, 2.05) is 0 Å². The number of rotatable bonds is 3. The monoisotopic (exact) mass is 364 g/mol. The topological polar surface area (TPSA) is 91.5 Å². The van der Waals surface area contributed by atoms with E-state index in [-0.39, 0.29) is 30.3 Å². The minimum absolute atomic E-state index is 0.0386. The molecular weight excluding hydrogens is 353 g/mol. The molecule has 0 spiro atoms. The third kappa shape index (κ3) is 3.00. The maximum absolute atomic E-state index is 13.0. The maximum atomic E-state index is 13.0. The van der Waals surface area contributed by atoms with E-state index in [0.717, 1.165) is 0 Å². The first kappa shape index (κ1) is 16.8. The van der Waals surface area contributed by atoms with Gasteiger partial charge < -0.3 is 14.4 Å². The number of alkyl halides is 3. The van der Waals surface area contributed by atoms with Crippen LogP contribution in [0.1, 0.15) is 15.6 Å². The highest BCUT2D eigenvalue weighted by Crippen LogP contribution is 2.39. The van der Waals surface area contributed by atoms with Gasteiger partial charge in [-0.05, 0) is 30.5 Å². The molecule has 1 fully saturated rings. The lowest BCUT2D eigenvalue weighted by molar-refractivity contribution is -0.138. The first-order valence-corrected chi connectivity index (χ1v) is 7.45. The van der Waals surface area contributed by atoms with Crippen LogP contribution in [0.5, 0.6) is 0 Å². The van der Waals surface area contributed by atoms with Crippen molar-refractivity contribution < 1.29 is 27.1 Å². The highest BCUT2D eigenvalue weighted by Gasteiger charge is 2.47. The van der Waals surface area contributed by atoms with E-state index in [0.29, 0.717) is 0 Å². The Morgan fingerprint density at radius 2 is 2.29 bits per heavy atom. The van der Waals surface area contributed by atoms with Crippen molar-refractivity contribution in [3.63, 3.8) is 0 Å². The lowest BCUT2D eigenvalue weighted by Crippen LogP contribution is -2.50. The number of halogens is 3. The Morgan fingerprint density at radius 3 is 2.88 bits per heavy atom. The van der Waals surface area contributed by atoms with Crippen LogP contribution in [0.4, 0.5) is 18.3 Å². The Labute approximate surface area is 137 Å². The summed E-state index contributed by atoms with van der Waals surface area (Å²) in [5.41, 5.74) is 0. The summed E-state index contributed by atoms with van der Waals surface area (Å²) < 4.78 is 46.7. The molecule has 0 N–H and O–H groups in total. The van der Waals surface area contributed by atoms with E-state index in [2.05, 4.69) is 10.2 Å². The van der Waals surface area contributed by atoms with E-state index in [9.17, 15) is 23.2 Å². The molecular formula is C12H11F3N4O4S. The molecule has 130 valence electrons. The van der Waals surface area contributed by atoms with Crippen molar-refractivity contribution in [2.24, 2.45) is 0 Å². The van der Waals surface area contributed by atoms with E-state index in [4.69, 9.17) is 9.15 Å². The Bertz CT molecular complexity index is 735. The van der Waals surface area contributed by atoms with Gasteiger partial charge in [0.2, 0.25) is 10.8 Å². The third-order valence-electron chi connectivity index (χ3n) is 3.33. The minimum Gasteiger partial charge on any atom is -0.622 e. The molecule has 12 heteroatoms. The van der Waals surface area contributed by atoms with Crippen LogP contribution in [0.15, 0.2) is 22.8 Å². The second-order valence-electron chi connectivity index (χ2n) is 5.20. The van der Waals surface area contributed by atoms with Crippen molar-refractivity contribution >= 4 is 22.4 Å². The summed E-state index contributed by atoms with van der Waals surface area (Å²) in [7, 11) is 1.58. The summed E-state index contributed by atoms with van der Waals surface area (Å²) in [6, 6.07) is 2.82. The van der Waals surface area contributed by atoms with Crippen LogP contribution in [-0.2, 0) is 10.9 Å². The predicted molar refractivity (Wildman–Crippen MR) is 75.5 cm³/mol. The first-order chi connectivity index (χ1) is 11.2. The van der Waals surface area contributed by atoms with E-state index >= 15 is 0 Å². The number of quaternary nitrogens is 1. The predicted octanol–water partition coefficient (Wildman–Crippen LogP) is 2.04. The van der Waals surface area contributed by atoms with Gasteiger partial charge in [-0.25, -0.2) is 9.69 Å². The van der Waals surface area contributed by atoms with Gasteiger partial charge in [0.1, 0.15) is 6.67 Å². The average Bonchev–Trinajstić information content (AvgIpc) is 3.19. The highest BCUT2D eigenvalue weighted by atomic mass is 32.1. The molecule has 1 aliphatic heterocycles. The van der Waals surface area contributed by atoms with Crippen LogP contribution in [0.2, 0.25) is 0 Å². The summed E-state index contributed by atoms with van der Waals surface area (Å²) in [4.78, 5) is 13.5. The number of nitrogens with zero attached hydrogens (tertiary/aromatic N) is 4. The quantitative estimate of drug-likeness (QED) is 0.467. The largest absolute Gasteiger partial charge is 0.622 e. The van der Waals surface area contributed by atoms with Crippen LogP contribution in [0.3, 0.4) is 0 Å². The van der Waals surface area contributed by atoms with Gasteiger partial charge in [0.25, 0.3) is 6.23 Å². The molecule has 2 aromatic rings. The summed E-state index contributed by atoms with van der Waals surface area (Å²) in [6.07, 6.45) is -4.71. The van der Waals surface area contributed by atoms with Crippen molar-refractivity contribution in [1.29, 1.82) is 0 Å². The number of likely N-dealkylation sites (N-methyl/N-ethyl adjacent to an activating group) is 1. The molecule has 0 bridgehead atoms. The SMILES string of the molecule is CN1CC(OC(=O)c2ccco2)[N+]([O-])(c2nnc(C(F)(F)F)s2)C1. The van der Waals surface area contributed by atoms with E-state index < -0.39 is 33.2 Å².